The van der Waals surface area contributed by atoms with Crippen LogP contribution in [0, 0.1) is 5.92 Å². The van der Waals surface area contributed by atoms with Gasteiger partial charge in [0, 0.05) is 6.54 Å². The number of nitrogens with one attached hydrogen (secondary N) is 1. The van der Waals surface area contributed by atoms with E-state index in [1.807, 2.05) is 91.0 Å². The molecule has 0 aliphatic heterocycles. The van der Waals surface area contributed by atoms with E-state index < -0.39 is 23.5 Å². The zero-order valence-corrected chi connectivity index (χ0v) is 15.8. The summed E-state index contributed by atoms with van der Waals surface area (Å²) in [6.07, 6.45) is -0.968. The Balaban J connectivity index is 2.18. The zero-order chi connectivity index (χ0) is 20.0. The van der Waals surface area contributed by atoms with Crippen LogP contribution in [-0.2, 0) is 10.3 Å². The van der Waals surface area contributed by atoms with Crippen LogP contribution in [0.5, 0.6) is 0 Å². The van der Waals surface area contributed by atoms with Crippen molar-refractivity contribution in [1.82, 2.24) is 5.32 Å². The monoisotopic (exact) mass is 375 g/mol. The average Bonchev–Trinajstić information content (AvgIpc) is 2.73. The highest BCUT2D eigenvalue weighted by Crippen LogP contribution is 2.36. The number of rotatable bonds is 8. The van der Waals surface area contributed by atoms with Crippen molar-refractivity contribution in [3.63, 3.8) is 0 Å². The highest BCUT2D eigenvalue weighted by molar-refractivity contribution is 5.71. The Morgan fingerprint density at radius 1 is 0.821 bits per heavy atom. The molecule has 0 aromatic heterocycles. The largest absolute Gasteiger partial charge is 0.481 e. The van der Waals surface area contributed by atoms with Crippen LogP contribution in [0.25, 0.3) is 0 Å². The van der Waals surface area contributed by atoms with Crippen molar-refractivity contribution in [2.75, 3.05) is 6.54 Å². The molecule has 4 heteroatoms. The van der Waals surface area contributed by atoms with Crippen molar-refractivity contribution < 1.29 is 15.0 Å². The predicted octanol–water partition coefficient (Wildman–Crippen LogP) is 3.65. The lowest BCUT2D eigenvalue weighted by Crippen LogP contribution is -2.49. The van der Waals surface area contributed by atoms with Gasteiger partial charge in [0.1, 0.15) is 0 Å². The molecule has 0 saturated heterocycles. The molecule has 2 atom stereocenters. The molecule has 3 N–H and O–H groups in total. The fraction of sp³-hybridized carbons (Fsp3) is 0.208. The Kier molecular flexibility index (Phi) is 6.24. The summed E-state index contributed by atoms with van der Waals surface area (Å²) in [5.74, 6) is -1.94. The van der Waals surface area contributed by atoms with Crippen LogP contribution in [0.3, 0.4) is 0 Å². The molecule has 2 unspecified atom stereocenters. The summed E-state index contributed by atoms with van der Waals surface area (Å²) in [5, 5.41) is 23.0. The Morgan fingerprint density at radius 2 is 1.18 bits per heavy atom. The minimum absolute atomic E-state index is 0.117. The summed E-state index contributed by atoms with van der Waals surface area (Å²) in [7, 11) is 0. The molecule has 0 radical (unpaired) electrons. The third-order valence-corrected chi connectivity index (χ3v) is 5.11. The molecule has 0 aliphatic carbocycles. The number of aliphatic carboxylic acids is 1. The highest BCUT2D eigenvalue weighted by Gasteiger charge is 2.37. The van der Waals surface area contributed by atoms with Crippen LogP contribution in [0.2, 0.25) is 0 Å². The second kappa shape index (κ2) is 8.83. The van der Waals surface area contributed by atoms with E-state index in [0.29, 0.717) is 0 Å². The number of carboxylic acid groups (broad SMARTS) is 1. The summed E-state index contributed by atoms with van der Waals surface area (Å²) in [6, 6.07) is 29.9. The molecule has 4 nitrogen and oxygen atoms in total. The molecule has 0 fully saturated rings. The van der Waals surface area contributed by atoms with Crippen molar-refractivity contribution in [3.05, 3.63) is 108 Å². The van der Waals surface area contributed by atoms with E-state index in [1.165, 1.54) is 6.92 Å². The molecule has 3 aromatic carbocycles. The number of carbonyl (C=O) groups is 1. The zero-order valence-electron chi connectivity index (χ0n) is 15.8. The summed E-state index contributed by atoms with van der Waals surface area (Å²) in [4.78, 5) is 11.7. The maximum absolute atomic E-state index is 11.7. The van der Waals surface area contributed by atoms with Crippen LogP contribution in [0.4, 0.5) is 0 Å². The highest BCUT2D eigenvalue weighted by atomic mass is 16.4. The Labute approximate surface area is 165 Å². The smallest absolute Gasteiger partial charge is 0.310 e. The molecule has 0 saturated carbocycles. The van der Waals surface area contributed by atoms with Crippen LogP contribution in [0.1, 0.15) is 23.6 Å². The van der Waals surface area contributed by atoms with E-state index in [9.17, 15) is 15.0 Å². The molecule has 0 bridgehead atoms. The molecule has 0 aliphatic rings. The van der Waals surface area contributed by atoms with Crippen LogP contribution in [0.15, 0.2) is 91.0 Å². The quantitative estimate of drug-likeness (QED) is 0.526. The molecular weight excluding hydrogens is 350 g/mol. The lowest BCUT2D eigenvalue weighted by atomic mass is 9.76. The van der Waals surface area contributed by atoms with Crippen LogP contribution >= 0.6 is 0 Å². The van der Waals surface area contributed by atoms with Gasteiger partial charge in [0.25, 0.3) is 0 Å². The average molecular weight is 375 g/mol. The molecule has 0 heterocycles. The SMILES string of the molecule is CC(O)C(CNC(c1ccccc1)(c1ccccc1)c1ccccc1)C(=O)O. The number of aliphatic hydroxyl groups excluding tert-OH is 1. The van der Waals surface area contributed by atoms with E-state index >= 15 is 0 Å². The van der Waals surface area contributed by atoms with Crippen molar-refractivity contribution in [2.24, 2.45) is 5.92 Å². The van der Waals surface area contributed by atoms with Gasteiger partial charge in [-0.25, -0.2) is 0 Å². The number of benzene rings is 3. The molecular formula is C24H25NO3. The minimum Gasteiger partial charge on any atom is -0.481 e. The van der Waals surface area contributed by atoms with Gasteiger partial charge in [0.05, 0.1) is 17.6 Å². The van der Waals surface area contributed by atoms with Gasteiger partial charge in [-0.15, -0.1) is 0 Å². The predicted molar refractivity (Wildman–Crippen MR) is 110 cm³/mol. The molecule has 3 aromatic rings. The van der Waals surface area contributed by atoms with Crippen LogP contribution in [-0.4, -0.2) is 28.8 Å². The van der Waals surface area contributed by atoms with Crippen LogP contribution < -0.4 is 5.32 Å². The van der Waals surface area contributed by atoms with Gasteiger partial charge in [0.2, 0.25) is 0 Å². The van der Waals surface area contributed by atoms with E-state index in [1.54, 1.807) is 0 Å². The molecule has 0 amide bonds. The van der Waals surface area contributed by atoms with Gasteiger partial charge in [-0.2, -0.15) is 0 Å². The van der Waals surface area contributed by atoms with Gasteiger partial charge < -0.3 is 10.2 Å². The van der Waals surface area contributed by atoms with Crippen molar-refractivity contribution in [2.45, 2.75) is 18.6 Å². The first-order chi connectivity index (χ1) is 13.6. The maximum atomic E-state index is 11.7. The summed E-state index contributed by atoms with van der Waals surface area (Å²) in [5.41, 5.74) is 2.26. The number of carboxylic acids is 1. The fourth-order valence-corrected chi connectivity index (χ4v) is 3.60. The van der Waals surface area contributed by atoms with Gasteiger partial charge in [-0.3, -0.25) is 10.1 Å². The van der Waals surface area contributed by atoms with E-state index in [2.05, 4.69) is 5.32 Å². The second-order valence-corrected chi connectivity index (χ2v) is 6.91. The van der Waals surface area contributed by atoms with Gasteiger partial charge in [-0.05, 0) is 23.6 Å². The van der Waals surface area contributed by atoms with Crippen molar-refractivity contribution >= 4 is 5.97 Å². The van der Waals surface area contributed by atoms with Gasteiger partial charge in [-0.1, -0.05) is 91.0 Å². The van der Waals surface area contributed by atoms with E-state index in [0.717, 1.165) is 16.7 Å². The van der Waals surface area contributed by atoms with Gasteiger partial charge in [0.15, 0.2) is 0 Å². The summed E-state index contributed by atoms with van der Waals surface area (Å²) in [6.45, 7) is 1.63. The van der Waals surface area contributed by atoms with E-state index in [4.69, 9.17) is 0 Å². The standard InChI is InChI=1S/C24H25NO3/c1-18(26)22(23(27)28)17-25-24(19-11-5-2-6-12-19,20-13-7-3-8-14-20)21-15-9-4-10-16-21/h2-16,18,22,25-26H,17H2,1H3,(H,27,28). The molecule has 0 spiro atoms. The Morgan fingerprint density at radius 3 is 1.46 bits per heavy atom. The molecule has 28 heavy (non-hydrogen) atoms. The van der Waals surface area contributed by atoms with Crippen molar-refractivity contribution in [1.29, 1.82) is 0 Å². The first kappa shape index (κ1) is 19.8. The lowest BCUT2D eigenvalue weighted by Gasteiger charge is -2.38. The number of hydrogen-bond donors (Lipinski definition) is 3. The number of aliphatic hydroxyl groups is 1. The van der Waals surface area contributed by atoms with Gasteiger partial charge >= 0.3 is 5.97 Å². The fourth-order valence-electron chi connectivity index (χ4n) is 3.60. The third-order valence-electron chi connectivity index (χ3n) is 5.11. The second-order valence-electron chi connectivity index (χ2n) is 6.91. The number of hydrogen-bond acceptors (Lipinski definition) is 3. The Bertz CT molecular complexity index is 783. The topological polar surface area (TPSA) is 69.6 Å². The van der Waals surface area contributed by atoms with E-state index in [-0.39, 0.29) is 6.54 Å². The molecule has 3 rings (SSSR count). The first-order valence-corrected chi connectivity index (χ1v) is 9.38. The molecule has 144 valence electrons. The summed E-state index contributed by atoms with van der Waals surface area (Å²) >= 11 is 0. The minimum atomic E-state index is -1.02. The normalized spacial score (nSPS) is 13.6. The first-order valence-electron chi connectivity index (χ1n) is 9.38. The maximum Gasteiger partial charge on any atom is 0.310 e. The summed E-state index contributed by atoms with van der Waals surface area (Å²) < 4.78 is 0. The lowest BCUT2D eigenvalue weighted by molar-refractivity contribution is -0.145. The van der Waals surface area contributed by atoms with Crippen molar-refractivity contribution in [3.8, 4) is 0 Å². The Hall–Kier alpha value is -2.95. The third kappa shape index (κ3) is 3.98.